The molecule has 0 radical (unpaired) electrons. The van der Waals surface area contributed by atoms with Crippen molar-refractivity contribution in [1.29, 1.82) is 5.26 Å². The molecule has 1 saturated heterocycles. The Labute approximate surface area is 193 Å². The molecule has 0 spiro atoms. The molecule has 0 aliphatic carbocycles. The van der Waals surface area contributed by atoms with E-state index in [9.17, 15) is 9.59 Å². The molecule has 3 amide bonds. The maximum Gasteiger partial charge on any atom is 0.321 e. The first-order valence-corrected chi connectivity index (χ1v) is 11.2. The van der Waals surface area contributed by atoms with E-state index in [1.807, 2.05) is 64.2 Å². The molecule has 7 nitrogen and oxygen atoms in total. The Morgan fingerprint density at radius 2 is 1.91 bits per heavy atom. The summed E-state index contributed by atoms with van der Waals surface area (Å²) in [5.41, 5.74) is 3.61. The molecule has 1 aliphatic heterocycles. The van der Waals surface area contributed by atoms with Gasteiger partial charge in [-0.2, -0.15) is 5.26 Å². The number of para-hydroxylation sites is 1. The van der Waals surface area contributed by atoms with Crippen LogP contribution < -0.4 is 10.6 Å². The second-order valence-corrected chi connectivity index (χ2v) is 8.08. The summed E-state index contributed by atoms with van der Waals surface area (Å²) in [5, 5.41) is 15.8. The van der Waals surface area contributed by atoms with Gasteiger partial charge in [0.1, 0.15) is 0 Å². The van der Waals surface area contributed by atoms with Gasteiger partial charge in [-0.05, 0) is 42.7 Å². The highest BCUT2D eigenvalue weighted by atomic mass is 16.2. The number of carbonyl (C=O) groups excluding carboxylic acids is 2. The number of fused-ring (bicyclic) bond motifs is 1. The summed E-state index contributed by atoms with van der Waals surface area (Å²) < 4.78 is 2.04. The third-order valence-electron chi connectivity index (χ3n) is 5.74. The van der Waals surface area contributed by atoms with E-state index in [-0.39, 0.29) is 11.9 Å². The van der Waals surface area contributed by atoms with Gasteiger partial charge in [0, 0.05) is 60.6 Å². The van der Waals surface area contributed by atoms with E-state index in [2.05, 4.69) is 16.7 Å². The molecule has 0 saturated carbocycles. The summed E-state index contributed by atoms with van der Waals surface area (Å²) in [4.78, 5) is 26.5. The highest BCUT2D eigenvalue weighted by molar-refractivity contribution is 5.96. The molecule has 0 atom stereocenters. The second kappa shape index (κ2) is 10.5. The van der Waals surface area contributed by atoms with Gasteiger partial charge in [0.15, 0.2) is 0 Å². The van der Waals surface area contributed by atoms with Crippen LogP contribution in [0.3, 0.4) is 0 Å². The quantitative estimate of drug-likeness (QED) is 0.529. The van der Waals surface area contributed by atoms with Gasteiger partial charge in [-0.15, -0.1) is 0 Å². The molecule has 168 valence electrons. The predicted molar refractivity (Wildman–Crippen MR) is 129 cm³/mol. The first kappa shape index (κ1) is 22.2. The molecule has 1 aromatic heterocycles. The molecule has 1 aliphatic rings. The molecule has 3 aromatic rings. The summed E-state index contributed by atoms with van der Waals surface area (Å²) >= 11 is 0. The number of nitrogens with one attached hydrogen (secondary N) is 2. The Hall–Kier alpha value is -4.05. The number of nitrogens with zero attached hydrogens (tertiary/aromatic N) is 3. The summed E-state index contributed by atoms with van der Waals surface area (Å²) in [6.45, 7) is 2.57. The van der Waals surface area contributed by atoms with Gasteiger partial charge in [0.05, 0.1) is 12.5 Å². The van der Waals surface area contributed by atoms with Crippen molar-refractivity contribution in [1.82, 2.24) is 14.8 Å². The van der Waals surface area contributed by atoms with Crippen molar-refractivity contribution >= 4 is 34.6 Å². The lowest BCUT2D eigenvalue weighted by Crippen LogP contribution is -2.32. The topological polar surface area (TPSA) is 90.2 Å². The molecule has 0 bridgehead atoms. The largest absolute Gasteiger partial charge is 0.348 e. The SMILES string of the molecule is N#CCCn1cc(/C=C/C(=O)NCc2cccc(NC(=O)N3CCCC3)c2)c2ccccc21. The van der Waals surface area contributed by atoms with E-state index in [1.165, 1.54) is 6.08 Å². The summed E-state index contributed by atoms with van der Waals surface area (Å²) in [5.74, 6) is -0.199. The van der Waals surface area contributed by atoms with Crippen LogP contribution in [0.25, 0.3) is 17.0 Å². The smallest absolute Gasteiger partial charge is 0.321 e. The third kappa shape index (κ3) is 5.60. The van der Waals surface area contributed by atoms with Crippen molar-refractivity contribution in [2.75, 3.05) is 18.4 Å². The Kier molecular flexibility index (Phi) is 7.06. The number of anilines is 1. The highest BCUT2D eigenvalue weighted by Crippen LogP contribution is 2.23. The predicted octanol–water partition coefficient (Wildman–Crippen LogP) is 4.51. The average molecular weight is 442 g/mol. The number of aromatic nitrogens is 1. The third-order valence-corrected chi connectivity index (χ3v) is 5.74. The van der Waals surface area contributed by atoms with Crippen LogP contribution in [0, 0.1) is 11.3 Å². The van der Waals surface area contributed by atoms with E-state index >= 15 is 0 Å². The zero-order valence-electron chi connectivity index (χ0n) is 18.5. The molecule has 33 heavy (non-hydrogen) atoms. The normalized spacial score (nSPS) is 13.4. The van der Waals surface area contributed by atoms with Crippen molar-refractivity contribution in [3.05, 3.63) is 71.9 Å². The highest BCUT2D eigenvalue weighted by Gasteiger charge is 2.17. The fraction of sp³-hybridized carbons (Fsp3) is 0.269. The van der Waals surface area contributed by atoms with Gasteiger partial charge < -0.3 is 20.1 Å². The first-order chi connectivity index (χ1) is 16.1. The Balaban J connectivity index is 1.36. The van der Waals surface area contributed by atoms with Gasteiger partial charge in [-0.25, -0.2) is 4.79 Å². The lowest BCUT2D eigenvalue weighted by Gasteiger charge is -2.16. The standard InChI is InChI=1S/C26H27N5O2/c27-13-6-16-31-19-21(23-9-1-2-10-24(23)31)11-12-25(32)28-18-20-7-5-8-22(17-20)29-26(33)30-14-3-4-15-30/h1-2,5,7-12,17,19H,3-4,6,14-16,18H2,(H,28,32)(H,29,33)/b12-11+. The van der Waals surface area contributed by atoms with E-state index in [1.54, 1.807) is 6.08 Å². The lowest BCUT2D eigenvalue weighted by molar-refractivity contribution is -0.116. The number of hydrogen-bond donors (Lipinski definition) is 2. The van der Waals surface area contributed by atoms with Crippen molar-refractivity contribution < 1.29 is 9.59 Å². The van der Waals surface area contributed by atoms with Crippen LogP contribution in [0.2, 0.25) is 0 Å². The van der Waals surface area contributed by atoms with E-state index in [0.29, 0.717) is 19.5 Å². The van der Waals surface area contributed by atoms with Crippen LogP contribution in [0.15, 0.2) is 60.8 Å². The van der Waals surface area contributed by atoms with Crippen LogP contribution in [-0.4, -0.2) is 34.5 Å². The second-order valence-electron chi connectivity index (χ2n) is 8.08. The minimum Gasteiger partial charge on any atom is -0.348 e. The van der Waals surface area contributed by atoms with Crippen LogP contribution in [-0.2, 0) is 17.9 Å². The molecule has 7 heteroatoms. The Morgan fingerprint density at radius 3 is 2.73 bits per heavy atom. The average Bonchev–Trinajstić information content (AvgIpc) is 3.49. The molecule has 2 heterocycles. The van der Waals surface area contributed by atoms with E-state index in [4.69, 9.17) is 5.26 Å². The number of aryl methyl sites for hydroxylation is 1. The number of hydrogen-bond acceptors (Lipinski definition) is 3. The van der Waals surface area contributed by atoms with Crippen LogP contribution >= 0.6 is 0 Å². The number of urea groups is 1. The maximum absolute atomic E-state index is 12.4. The molecular weight excluding hydrogens is 414 g/mol. The molecule has 0 unspecified atom stereocenters. The number of rotatable bonds is 7. The molecular formula is C26H27N5O2. The van der Waals surface area contributed by atoms with Crippen molar-refractivity contribution in [3.8, 4) is 6.07 Å². The minimum atomic E-state index is -0.199. The minimum absolute atomic E-state index is 0.0782. The van der Waals surface area contributed by atoms with Crippen LogP contribution in [0.5, 0.6) is 0 Å². The fourth-order valence-corrected chi connectivity index (χ4v) is 4.06. The molecule has 1 fully saturated rings. The Bertz CT molecular complexity index is 1210. The summed E-state index contributed by atoms with van der Waals surface area (Å²) in [7, 11) is 0. The van der Waals surface area contributed by atoms with Crippen molar-refractivity contribution in [2.24, 2.45) is 0 Å². The number of benzene rings is 2. The van der Waals surface area contributed by atoms with Crippen LogP contribution in [0.1, 0.15) is 30.4 Å². The molecule has 2 aromatic carbocycles. The van der Waals surface area contributed by atoms with Crippen molar-refractivity contribution in [2.45, 2.75) is 32.4 Å². The number of nitriles is 1. The van der Waals surface area contributed by atoms with Crippen LogP contribution in [0.4, 0.5) is 10.5 Å². The number of likely N-dealkylation sites (tertiary alicyclic amines) is 1. The van der Waals surface area contributed by atoms with E-state index in [0.717, 1.165) is 53.6 Å². The van der Waals surface area contributed by atoms with Gasteiger partial charge >= 0.3 is 6.03 Å². The summed E-state index contributed by atoms with van der Waals surface area (Å²) in [6, 6.07) is 17.6. The first-order valence-electron chi connectivity index (χ1n) is 11.2. The van der Waals surface area contributed by atoms with Gasteiger partial charge in [-0.3, -0.25) is 4.79 Å². The van der Waals surface area contributed by atoms with Gasteiger partial charge in [0.2, 0.25) is 5.91 Å². The van der Waals surface area contributed by atoms with Gasteiger partial charge in [0.25, 0.3) is 0 Å². The number of amides is 3. The van der Waals surface area contributed by atoms with E-state index < -0.39 is 0 Å². The molecule has 2 N–H and O–H groups in total. The monoisotopic (exact) mass is 441 g/mol. The summed E-state index contributed by atoms with van der Waals surface area (Å²) in [6.07, 6.45) is 7.82. The zero-order valence-corrected chi connectivity index (χ0v) is 18.5. The fourth-order valence-electron chi connectivity index (χ4n) is 4.06. The van der Waals surface area contributed by atoms with Crippen molar-refractivity contribution in [3.63, 3.8) is 0 Å². The lowest BCUT2D eigenvalue weighted by atomic mass is 10.1. The zero-order chi connectivity index (χ0) is 23.0. The Morgan fingerprint density at radius 1 is 1.09 bits per heavy atom. The maximum atomic E-state index is 12.4. The molecule has 4 rings (SSSR count). The van der Waals surface area contributed by atoms with Gasteiger partial charge in [-0.1, -0.05) is 30.3 Å². The number of carbonyl (C=O) groups is 2.